The number of aromatic nitrogens is 6. The third-order valence-electron chi connectivity index (χ3n) is 13.5. The smallest absolute Gasteiger partial charge is 0.870 e. The largest absolute Gasteiger partial charge is 1.00 e. The molecule has 24 heteroatoms. The van der Waals surface area contributed by atoms with Crippen LogP contribution in [0, 0.1) is 0 Å². The van der Waals surface area contributed by atoms with Crippen LogP contribution in [-0.4, -0.2) is 150 Å². The number of carboxylic acids is 1. The number of ether oxygens (including phenoxy) is 5. The van der Waals surface area contributed by atoms with E-state index < -0.39 is 25.0 Å². The number of carbonyl (C=O) groups is 3. The molecule has 3 heterocycles. The molecular formula is C62H70BClN9NaO12. The molecule has 9 aromatic rings. The first-order chi connectivity index (χ1) is 40.1. The third kappa shape index (κ3) is 17.0. The van der Waals surface area contributed by atoms with Gasteiger partial charge in [0.1, 0.15) is 28.6 Å². The summed E-state index contributed by atoms with van der Waals surface area (Å²) in [6.07, 6.45) is 0. The number of fused-ring (bicyclic) bond motifs is 3. The summed E-state index contributed by atoms with van der Waals surface area (Å²) in [4.78, 5) is 68.7. The van der Waals surface area contributed by atoms with Crippen LogP contribution in [0.4, 0.5) is 17.5 Å². The summed E-state index contributed by atoms with van der Waals surface area (Å²) in [6, 6.07) is 37.8. The second-order valence-electron chi connectivity index (χ2n) is 19.7. The van der Waals surface area contributed by atoms with Crippen molar-refractivity contribution >= 4 is 92.6 Å². The number of aromatic carboxylic acids is 1. The molecule has 0 aliphatic rings. The molecule has 0 bridgehead atoms. The van der Waals surface area contributed by atoms with Crippen molar-refractivity contribution in [2.45, 2.75) is 59.7 Å². The van der Waals surface area contributed by atoms with Gasteiger partial charge in [-0.25, -0.2) is 44.3 Å². The predicted octanol–water partition coefficient (Wildman–Crippen LogP) is 6.90. The molecule has 86 heavy (non-hydrogen) atoms. The van der Waals surface area contributed by atoms with Crippen molar-refractivity contribution in [1.82, 2.24) is 29.9 Å². The average molecular weight is 1200 g/mol. The summed E-state index contributed by atoms with van der Waals surface area (Å²) in [5.74, 6) is 2.15. The van der Waals surface area contributed by atoms with E-state index in [1.807, 2.05) is 93.3 Å². The topological polar surface area (TPSA) is 275 Å². The van der Waals surface area contributed by atoms with Crippen LogP contribution in [0.1, 0.15) is 72.6 Å². The van der Waals surface area contributed by atoms with Gasteiger partial charge in [0.15, 0.2) is 22.6 Å². The zero-order valence-electron chi connectivity index (χ0n) is 50.9. The van der Waals surface area contributed by atoms with E-state index in [2.05, 4.69) is 42.6 Å². The van der Waals surface area contributed by atoms with E-state index in [1.165, 1.54) is 27.4 Å². The second kappa shape index (κ2) is 32.3. The number of esters is 2. The first-order valence-corrected chi connectivity index (χ1v) is 26.9. The number of methoxy groups -OCH3 is 5. The maximum atomic E-state index is 11.9. The molecule has 0 spiro atoms. The maximum absolute atomic E-state index is 11.9. The van der Waals surface area contributed by atoms with E-state index in [-0.39, 0.29) is 58.7 Å². The fourth-order valence-corrected chi connectivity index (χ4v) is 8.37. The quantitative estimate of drug-likeness (QED) is 0.0695. The molecular weight excluding hydrogens is 1130 g/mol. The summed E-state index contributed by atoms with van der Waals surface area (Å²) in [5, 5.41) is 27.2. The number of hydrogen-bond acceptors (Lipinski definition) is 20. The van der Waals surface area contributed by atoms with E-state index in [0.717, 1.165) is 28.4 Å². The summed E-state index contributed by atoms with van der Waals surface area (Å²) >= 11 is 6.16. The molecule has 6 aromatic carbocycles. The molecule has 0 atom stereocenters. The van der Waals surface area contributed by atoms with Crippen LogP contribution < -0.4 is 63.9 Å². The Balaban J connectivity index is 0.000000253. The van der Waals surface area contributed by atoms with E-state index >= 15 is 0 Å². The van der Waals surface area contributed by atoms with Crippen LogP contribution in [0.15, 0.2) is 127 Å². The van der Waals surface area contributed by atoms with Gasteiger partial charge in [-0.2, -0.15) is 0 Å². The van der Waals surface area contributed by atoms with Gasteiger partial charge in [0, 0.05) is 55.9 Å². The number of nitrogens with zero attached hydrogens (tertiary/aromatic N) is 9. The number of rotatable bonds is 15. The molecule has 0 saturated heterocycles. The van der Waals surface area contributed by atoms with Gasteiger partial charge in [-0.3, -0.25) is 0 Å². The Bertz CT molecular complexity index is 3790. The average Bonchev–Trinajstić information content (AvgIpc) is 1.69. The van der Waals surface area contributed by atoms with Gasteiger partial charge in [-0.15, -0.1) is 0 Å². The van der Waals surface area contributed by atoms with Crippen molar-refractivity contribution in [3.8, 4) is 39.8 Å². The van der Waals surface area contributed by atoms with E-state index in [9.17, 15) is 19.5 Å². The number of halogens is 1. The predicted molar refractivity (Wildman–Crippen MR) is 333 cm³/mol. The first-order valence-electron chi connectivity index (χ1n) is 26.5. The Morgan fingerprint density at radius 2 is 0.802 bits per heavy atom. The molecule has 0 aliphatic carbocycles. The molecule has 3 aromatic heterocycles. The van der Waals surface area contributed by atoms with E-state index in [1.54, 1.807) is 87.0 Å². The third-order valence-corrected chi connectivity index (χ3v) is 13.7. The Kier molecular flexibility index (Phi) is 26.4. The van der Waals surface area contributed by atoms with E-state index in [4.69, 9.17) is 65.3 Å². The first kappa shape index (κ1) is 70.3. The van der Waals surface area contributed by atoms with Crippen molar-refractivity contribution in [3.05, 3.63) is 149 Å². The van der Waals surface area contributed by atoms with Gasteiger partial charge in [-0.05, 0) is 126 Å². The summed E-state index contributed by atoms with van der Waals surface area (Å²) in [6.45, 7) is 12.4. The minimum Gasteiger partial charge on any atom is -0.870 e. The number of para-hydroxylation sites is 3. The van der Waals surface area contributed by atoms with Gasteiger partial charge in [0.05, 0.1) is 85.3 Å². The van der Waals surface area contributed by atoms with Crippen LogP contribution in [-0.2, 0) is 9.47 Å². The minimum absolute atomic E-state index is 0. The van der Waals surface area contributed by atoms with Gasteiger partial charge < -0.3 is 59.0 Å². The Hall–Kier alpha value is -8.22. The molecule has 0 aliphatic heterocycles. The summed E-state index contributed by atoms with van der Waals surface area (Å²) in [7, 11) is 11.8. The SMILES string of the molecule is COC(=O)c1ccc2nc(-c3ccccc3OC)c(N(C)C(C)C)nc2c1.COC(=O)c1ccc2nc(Cl)c(N(C)C(C)C)nc2c1.COc1ccccc1-c1nc2ccc(C(=O)O)cc2nc1N(C)C(C)C.COc1ccccc1B(O)O.[Na+].[OH-]. The van der Waals surface area contributed by atoms with Crippen LogP contribution in [0.2, 0.25) is 5.15 Å². The van der Waals surface area contributed by atoms with Crippen molar-refractivity contribution in [2.24, 2.45) is 0 Å². The van der Waals surface area contributed by atoms with E-state index in [0.29, 0.717) is 83.7 Å². The van der Waals surface area contributed by atoms with Gasteiger partial charge in [0.2, 0.25) is 0 Å². The Morgan fingerprint density at radius 1 is 0.465 bits per heavy atom. The summed E-state index contributed by atoms with van der Waals surface area (Å²) < 4.78 is 25.4. The molecule has 0 unspecified atom stereocenters. The fraction of sp³-hybridized carbons (Fsp3) is 0.274. The molecule has 0 amide bonds. The number of anilines is 3. The maximum Gasteiger partial charge on any atom is 1.00 e. The molecule has 446 valence electrons. The molecule has 21 nitrogen and oxygen atoms in total. The number of hydrogen-bond donors (Lipinski definition) is 3. The van der Waals surface area contributed by atoms with Crippen LogP contribution >= 0.6 is 11.6 Å². The standard InChI is InChI=1S/C21H23N3O3.C20H21N3O3.C14H16ClN3O2.C7H9BO3.Na.H2O/c1-13(2)24(3)20-19(15-8-6-7-9-18(15)26-4)22-16-11-10-14(21(25)27-5)12-17(16)23-20;1-12(2)23(3)19-18(14-7-5-6-8-17(14)26-4)21-15-10-9-13(20(24)25)11-16(15)22-19;1-8(2)18(3)13-12(15)16-10-6-5-9(14(19)20-4)7-11(10)17-13;1-11-7-5-3-2-4-6(7)8(9)10;;/h6-13H,1-5H3;5-12H,1-4H3,(H,24,25);5-8H,1-4H3;2-5,9-10H,1H3;;1H2/q;;;;+1;/p-1. The van der Waals surface area contributed by atoms with Crippen LogP contribution in [0.25, 0.3) is 55.6 Å². The summed E-state index contributed by atoms with van der Waals surface area (Å²) in [5.41, 5.74) is 8.39. The van der Waals surface area contributed by atoms with Crippen LogP contribution in [0.5, 0.6) is 17.2 Å². The van der Waals surface area contributed by atoms with Gasteiger partial charge in [-0.1, -0.05) is 54.1 Å². The monoisotopic (exact) mass is 1200 g/mol. The van der Waals surface area contributed by atoms with Gasteiger partial charge >= 0.3 is 54.6 Å². The van der Waals surface area contributed by atoms with Crippen molar-refractivity contribution in [1.29, 1.82) is 0 Å². The Labute approximate surface area is 527 Å². The number of carboxylic acid groups (broad SMARTS) is 1. The van der Waals surface area contributed by atoms with Crippen molar-refractivity contribution in [2.75, 3.05) is 71.4 Å². The van der Waals surface area contributed by atoms with Crippen LogP contribution in [0.3, 0.4) is 0 Å². The zero-order chi connectivity index (χ0) is 61.5. The molecule has 9 rings (SSSR count). The molecule has 0 fully saturated rings. The minimum atomic E-state index is -1.47. The van der Waals surface area contributed by atoms with Crippen molar-refractivity contribution < 1.29 is 88.3 Å². The second-order valence-corrected chi connectivity index (χ2v) is 20.0. The van der Waals surface area contributed by atoms with Crippen molar-refractivity contribution in [3.63, 3.8) is 0 Å². The Morgan fingerprint density at radius 3 is 1.16 bits per heavy atom. The normalized spacial score (nSPS) is 10.5. The molecule has 0 radical (unpaired) electrons. The zero-order valence-corrected chi connectivity index (χ0v) is 53.6. The molecule has 4 N–H and O–H groups in total. The van der Waals surface area contributed by atoms with Gasteiger partial charge in [0.25, 0.3) is 0 Å². The molecule has 0 saturated carbocycles. The fourth-order valence-electron chi connectivity index (χ4n) is 8.11. The number of carbonyl (C=O) groups excluding carboxylic acids is 2. The number of benzene rings is 6.